The largest absolute Gasteiger partial charge is 0.497 e. The quantitative estimate of drug-likeness (QED) is 0.776. The van der Waals surface area contributed by atoms with Gasteiger partial charge in [-0.2, -0.15) is 13.7 Å². The molecule has 0 aliphatic carbocycles. The van der Waals surface area contributed by atoms with E-state index in [4.69, 9.17) is 10.00 Å². The van der Waals surface area contributed by atoms with E-state index in [1.807, 2.05) is 6.07 Å². The molecule has 1 aromatic carbocycles. The molecule has 106 valence electrons. The minimum atomic E-state index is -4.79. The van der Waals surface area contributed by atoms with Crippen LogP contribution in [0.1, 0.15) is 12.0 Å². The highest BCUT2D eigenvalue weighted by molar-refractivity contribution is 7.87. The lowest BCUT2D eigenvalue weighted by Gasteiger charge is -2.18. The Hall–Kier alpha value is -2.14. The molecule has 1 heterocycles. The molecule has 1 unspecified atom stereocenters. The highest BCUT2D eigenvalue weighted by atomic mass is 32.3. The van der Waals surface area contributed by atoms with E-state index < -0.39 is 27.8 Å². The standard InChI is InChI=1S/C12H11FN2O4S/c1-19-9-3-2-8(6-14)11(4-9)15-7-10(5-12(15)16)20(13,17)18/h2-4,10H,5,7H2,1H3. The van der Waals surface area contributed by atoms with Crippen LogP contribution in [0.15, 0.2) is 18.2 Å². The van der Waals surface area contributed by atoms with Crippen LogP contribution < -0.4 is 9.64 Å². The number of carbonyl (C=O) groups is 1. The fourth-order valence-electron chi connectivity index (χ4n) is 2.05. The average molecular weight is 298 g/mol. The SMILES string of the molecule is COc1ccc(C#N)c(N2CC(S(=O)(=O)F)CC2=O)c1. The molecule has 0 aromatic heterocycles. The first-order valence-corrected chi connectivity index (χ1v) is 7.13. The highest BCUT2D eigenvalue weighted by Gasteiger charge is 2.39. The summed E-state index contributed by atoms with van der Waals surface area (Å²) in [6, 6.07) is 6.36. The van der Waals surface area contributed by atoms with Crippen LogP contribution in [0.5, 0.6) is 5.75 Å². The summed E-state index contributed by atoms with van der Waals surface area (Å²) >= 11 is 0. The van der Waals surface area contributed by atoms with Crippen molar-refractivity contribution < 1.29 is 21.8 Å². The van der Waals surface area contributed by atoms with E-state index in [-0.39, 0.29) is 17.8 Å². The Labute approximate surface area is 115 Å². The van der Waals surface area contributed by atoms with Crippen molar-refractivity contribution in [1.82, 2.24) is 0 Å². The van der Waals surface area contributed by atoms with E-state index in [1.165, 1.54) is 19.2 Å². The number of amides is 1. The summed E-state index contributed by atoms with van der Waals surface area (Å²) in [7, 11) is -3.37. The van der Waals surface area contributed by atoms with Crippen molar-refractivity contribution in [2.24, 2.45) is 0 Å². The molecule has 6 nitrogen and oxygen atoms in total. The Morgan fingerprint density at radius 1 is 1.50 bits per heavy atom. The third kappa shape index (κ3) is 2.58. The van der Waals surface area contributed by atoms with Gasteiger partial charge in [0.2, 0.25) is 5.91 Å². The van der Waals surface area contributed by atoms with Crippen molar-refractivity contribution in [3.05, 3.63) is 23.8 Å². The van der Waals surface area contributed by atoms with Gasteiger partial charge in [0.25, 0.3) is 0 Å². The normalized spacial score (nSPS) is 18.9. The maximum atomic E-state index is 13.0. The van der Waals surface area contributed by atoms with Crippen molar-refractivity contribution in [2.45, 2.75) is 11.7 Å². The maximum absolute atomic E-state index is 13.0. The first-order chi connectivity index (χ1) is 9.36. The fourth-order valence-corrected chi connectivity index (χ4v) is 2.72. The minimum absolute atomic E-state index is 0.191. The summed E-state index contributed by atoms with van der Waals surface area (Å²) in [5.41, 5.74) is 0.416. The molecule has 8 heteroatoms. The second-order valence-corrected chi connectivity index (χ2v) is 5.92. The Morgan fingerprint density at radius 3 is 2.70 bits per heavy atom. The first-order valence-electron chi connectivity index (χ1n) is 5.68. The number of carbonyl (C=O) groups excluding carboxylic acids is 1. The van der Waals surface area contributed by atoms with Crippen LogP contribution in [0.3, 0.4) is 0 Å². The van der Waals surface area contributed by atoms with Gasteiger partial charge in [0.15, 0.2) is 0 Å². The van der Waals surface area contributed by atoms with Crippen molar-refractivity contribution in [3.63, 3.8) is 0 Å². The molecule has 1 aromatic rings. The third-order valence-corrected chi connectivity index (χ3v) is 4.22. The van der Waals surface area contributed by atoms with Crippen molar-refractivity contribution in [2.75, 3.05) is 18.6 Å². The summed E-state index contributed by atoms with van der Waals surface area (Å²) in [5.74, 6) is -0.126. The van der Waals surface area contributed by atoms with Crippen LogP contribution in [0.4, 0.5) is 9.57 Å². The second kappa shape index (κ2) is 5.09. The van der Waals surface area contributed by atoms with Crippen LogP contribution in [0.25, 0.3) is 0 Å². The molecule has 0 spiro atoms. The monoisotopic (exact) mass is 298 g/mol. The third-order valence-electron chi connectivity index (χ3n) is 3.10. The van der Waals surface area contributed by atoms with Gasteiger partial charge in [0.05, 0.1) is 18.4 Å². The Balaban J connectivity index is 2.42. The summed E-state index contributed by atoms with van der Waals surface area (Å²) in [6.45, 7) is -0.306. The van der Waals surface area contributed by atoms with Gasteiger partial charge >= 0.3 is 10.2 Å². The van der Waals surface area contributed by atoms with E-state index >= 15 is 0 Å². The van der Waals surface area contributed by atoms with Crippen LogP contribution in [0, 0.1) is 11.3 Å². The molecule has 1 saturated heterocycles. The summed E-state index contributed by atoms with van der Waals surface area (Å²) in [5, 5.41) is 7.64. The van der Waals surface area contributed by atoms with Gasteiger partial charge < -0.3 is 9.64 Å². The molecular formula is C12H11FN2O4S. The number of hydrogen-bond donors (Lipinski definition) is 0. The van der Waals surface area contributed by atoms with Crippen LogP contribution in [-0.2, 0) is 15.0 Å². The molecule has 1 aliphatic heterocycles. The van der Waals surface area contributed by atoms with Gasteiger partial charge in [0, 0.05) is 19.0 Å². The number of ether oxygens (including phenoxy) is 1. The van der Waals surface area contributed by atoms with Gasteiger partial charge in [0.1, 0.15) is 17.1 Å². The Bertz CT molecular complexity index is 696. The fraction of sp³-hybridized carbons (Fsp3) is 0.333. The summed E-state index contributed by atoms with van der Waals surface area (Å²) in [4.78, 5) is 12.9. The van der Waals surface area contributed by atoms with Gasteiger partial charge in [-0.15, -0.1) is 3.89 Å². The minimum Gasteiger partial charge on any atom is -0.497 e. The van der Waals surface area contributed by atoms with Gasteiger partial charge in [-0.3, -0.25) is 4.79 Å². The Morgan fingerprint density at radius 2 is 2.20 bits per heavy atom. The average Bonchev–Trinajstić information content (AvgIpc) is 2.80. The molecule has 1 atom stereocenters. The van der Waals surface area contributed by atoms with E-state index in [0.717, 1.165) is 4.90 Å². The molecule has 2 rings (SSSR count). The zero-order chi connectivity index (χ0) is 14.9. The number of hydrogen-bond acceptors (Lipinski definition) is 5. The summed E-state index contributed by atoms with van der Waals surface area (Å²) in [6.07, 6.45) is -0.430. The van der Waals surface area contributed by atoms with Gasteiger partial charge in [-0.1, -0.05) is 0 Å². The molecule has 20 heavy (non-hydrogen) atoms. The second-order valence-electron chi connectivity index (χ2n) is 4.30. The number of methoxy groups -OCH3 is 1. The van der Waals surface area contributed by atoms with Crippen molar-refractivity contribution in [1.29, 1.82) is 5.26 Å². The Kier molecular flexibility index (Phi) is 3.63. The zero-order valence-corrected chi connectivity index (χ0v) is 11.4. The smallest absolute Gasteiger partial charge is 0.307 e. The van der Waals surface area contributed by atoms with Crippen LogP contribution >= 0.6 is 0 Å². The predicted molar refractivity (Wildman–Crippen MR) is 68.5 cm³/mol. The number of nitrogens with zero attached hydrogens (tertiary/aromatic N) is 2. The van der Waals surface area contributed by atoms with Crippen molar-refractivity contribution in [3.8, 4) is 11.8 Å². The topological polar surface area (TPSA) is 87.5 Å². The van der Waals surface area contributed by atoms with E-state index in [9.17, 15) is 17.1 Å². The molecule has 0 bridgehead atoms. The summed E-state index contributed by atoms with van der Waals surface area (Å²) < 4.78 is 39.8. The number of halogens is 1. The van der Waals surface area contributed by atoms with Crippen molar-refractivity contribution >= 4 is 21.8 Å². The molecule has 1 aliphatic rings. The van der Waals surface area contributed by atoms with Gasteiger partial charge in [-0.25, -0.2) is 0 Å². The lowest BCUT2D eigenvalue weighted by Crippen LogP contribution is -2.27. The van der Waals surface area contributed by atoms with E-state index in [2.05, 4.69) is 0 Å². The number of nitriles is 1. The molecule has 0 saturated carbocycles. The lowest BCUT2D eigenvalue weighted by molar-refractivity contribution is -0.117. The number of benzene rings is 1. The lowest BCUT2D eigenvalue weighted by atomic mass is 10.1. The molecule has 1 fully saturated rings. The molecule has 1 amide bonds. The van der Waals surface area contributed by atoms with Gasteiger partial charge in [-0.05, 0) is 12.1 Å². The van der Waals surface area contributed by atoms with E-state index in [0.29, 0.717) is 5.75 Å². The number of anilines is 1. The van der Waals surface area contributed by atoms with Crippen LogP contribution in [0.2, 0.25) is 0 Å². The van der Waals surface area contributed by atoms with Crippen LogP contribution in [-0.4, -0.2) is 33.2 Å². The molecule has 0 N–H and O–H groups in total. The zero-order valence-electron chi connectivity index (χ0n) is 10.5. The number of rotatable bonds is 3. The van der Waals surface area contributed by atoms with E-state index in [1.54, 1.807) is 6.07 Å². The predicted octanol–water partition coefficient (Wildman–Crippen LogP) is 0.971. The molecular weight excluding hydrogens is 287 g/mol. The highest BCUT2D eigenvalue weighted by Crippen LogP contribution is 2.31. The maximum Gasteiger partial charge on any atom is 0.307 e. The first kappa shape index (κ1) is 14.3. The molecule has 0 radical (unpaired) electrons.